The van der Waals surface area contributed by atoms with Crippen molar-refractivity contribution in [3.8, 4) is 0 Å². The van der Waals surface area contributed by atoms with Crippen LogP contribution in [0.4, 0.5) is 10.7 Å². The van der Waals surface area contributed by atoms with Crippen molar-refractivity contribution in [2.45, 2.75) is 38.8 Å². The van der Waals surface area contributed by atoms with Gasteiger partial charge in [-0.3, -0.25) is 0 Å². The summed E-state index contributed by atoms with van der Waals surface area (Å²) < 4.78 is 5.52. The zero-order chi connectivity index (χ0) is 24.9. The molecule has 2 N–H and O–H groups in total. The molecule has 0 aliphatic heterocycles. The molecule has 0 spiro atoms. The second-order valence-corrected chi connectivity index (χ2v) is 8.64. The van der Waals surface area contributed by atoms with Crippen molar-refractivity contribution in [2.24, 2.45) is 0 Å². The monoisotopic (exact) mass is 493 g/mol. The van der Waals surface area contributed by atoms with Crippen molar-refractivity contribution in [3.05, 3.63) is 82.8 Å². The molecule has 0 aliphatic rings. The smallest absolute Gasteiger partial charge is 0.417 e. The lowest BCUT2D eigenvalue weighted by Gasteiger charge is -2.26. The number of benzene rings is 2. The van der Waals surface area contributed by atoms with Gasteiger partial charge in [0.15, 0.2) is 10.8 Å². The van der Waals surface area contributed by atoms with Crippen LogP contribution in [0.15, 0.2) is 60.9 Å². The Morgan fingerprint density at radius 2 is 1.77 bits per heavy atom. The van der Waals surface area contributed by atoms with Gasteiger partial charge in [-0.15, -0.1) is 0 Å². The Bertz CT molecular complexity index is 1320. The Hall–Kier alpha value is -3.98. The quantitative estimate of drug-likeness (QED) is 0.332. The van der Waals surface area contributed by atoms with Crippen LogP contribution in [0.25, 0.3) is 11.2 Å². The zero-order valence-corrected chi connectivity index (χ0v) is 19.9. The first-order chi connectivity index (χ1) is 16.8. The Morgan fingerprint density at radius 1 is 1.06 bits per heavy atom. The fourth-order valence-electron chi connectivity index (χ4n) is 3.58. The summed E-state index contributed by atoms with van der Waals surface area (Å²) in [6.07, 6.45) is 0.484. The molecular weight excluding hydrogens is 470 g/mol. The SMILES string of the molecule is CC(C)c1ccc(COC(=O)N(c2nc(Cl)c3[nH]cnc3n2)C(Cc2ccccc2)C(=O)O)cc1. The van der Waals surface area contributed by atoms with Crippen LogP contribution in [0.5, 0.6) is 0 Å². The highest BCUT2D eigenvalue weighted by Gasteiger charge is 2.35. The number of carbonyl (C=O) groups excluding carboxylic acids is 1. The number of carboxylic acids is 1. The van der Waals surface area contributed by atoms with Gasteiger partial charge >= 0.3 is 12.1 Å². The molecule has 0 saturated carbocycles. The number of carboxylic acid groups (broad SMARTS) is 1. The minimum Gasteiger partial charge on any atom is -0.480 e. The molecule has 0 fully saturated rings. The van der Waals surface area contributed by atoms with Crippen LogP contribution in [0.1, 0.15) is 36.5 Å². The molecule has 35 heavy (non-hydrogen) atoms. The average Bonchev–Trinajstić information content (AvgIpc) is 3.32. The van der Waals surface area contributed by atoms with Gasteiger partial charge in [-0.2, -0.15) is 9.97 Å². The highest BCUT2D eigenvalue weighted by Crippen LogP contribution is 2.24. The Balaban J connectivity index is 1.66. The van der Waals surface area contributed by atoms with Gasteiger partial charge in [0.1, 0.15) is 18.2 Å². The van der Waals surface area contributed by atoms with Gasteiger partial charge in [-0.1, -0.05) is 80.0 Å². The number of amides is 1. The number of carbonyl (C=O) groups is 2. The Morgan fingerprint density at radius 3 is 2.43 bits per heavy atom. The maximum Gasteiger partial charge on any atom is 0.417 e. The third-order valence-electron chi connectivity index (χ3n) is 5.52. The molecule has 0 radical (unpaired) electrons. The van der Waals surface area contributed by atoms with E-state index in [-0.39, 0.29) is 29.8 Å². The van der Waals surface area contributed by atoms with Gasteiger partial charge < -0.3 is 14.8 Å². The van der Waals surface area contributed by atoms with Gasteiger partial charge in [-0.05, 0) is 22.6 Å². The highest BCUT2D eigenvalue weighted by atomic mass is 35.5. The number of aromatic nitrogens is 4. The van der Waals surface area contributed by atoms with E-state index in [1.165, 1.54) is 6.33 Å². The van der Waals surface area contributed by atoms with Crippen molar-refractivity contribution >= 4 is 40.8 Å². The molecule has 10 heteroatoms. The first-order valence-corrected chi connectivity index (χ1v) is 11.4. The lowest BCUT2D eigenvalue weighted by molar-refractivity contribution is -0.138. The first kappa shape index (κ1) is 24.2. The van der Waals surface area contributed by atoms with E-state index in [0.717, 1.165) is 16.0 Å². The van der Waals surface area contributed by atoms with Gasteiger partial charge in [0.05, 0.1) is 6.33 Å². The minimum absolute atomic E-state index is 0.00780. The molecule has 4 rings (SSSR count). The number of halogens is 1. The Labute approximate surface area is 206 Å². The highest BCUT2D eigenvalue weighted by molar-refractivity contribution is 6.33. The molecule has 180 valence electrons. The number of H-pyrrole nitrogens is 1. The number of imidazole rings is 1. The maximum atomic E-state index is 13.3. The van der Waals surface area contributed by atoms with Gasteiger partial charge in [0.25, 0.3) is 0 Å². The molecule has 9 nitrogen and oxygen atoms in total. The number of fused-ring (bicyclic) bond motifs is 1. The lowest BCUT2D eigenvalue weighted by Crippen LogP contribution is -2.48. The summed E-state index contributed by atoms with van der Waals surface area (Å²) in [5.41, 5.74) is 3.22. The number of nitrogens with zero attached hydrogens (tertiary/aromatic N) is 4. The number of rotatable bonds is 8. The van der Waals surface area contributed by atoms with Crippen LogP contribution in [0.2, 0.25) is 5.15 Å². The number of ether oxygens (including phenoxy) is 1. The molecule has 0 aliphatic carbocycles. The van der Waals surface area contributed by atoms with Crippen molar-refractivity contribution in [1.29, 1.82) is 0 Å². The van der Waals surface area contributed by atoms with Crippen LogP contribution >= 0.6 is 11.6 Å². The molecule has 1 atom stereocenters. The lowest BCUT2D eigenvalue weighted by atomic mass is 10.0. The third-order valence-corrected chi connectivity index (χ3v) is 5.79. The number of anilines is 1. The van der Waals surface area contributed by atoms with E-state index in [1.54, 1.807) is 24.3 Å². The molecule has 1 unspecified atom stereocenters. The van der Waals surface area contributed by atoms with Crippen molar-refractivity contribution in [2.75, 3.05) is 4.90 Å². The van der Waals surface area contributed by atoms with E-state index in [0.29, 0.717) is 17.0 Å². The largest absolute Gasteiger partial charge is 0.480 e. The maximum absolute atomic E-state index is 13.3. The normalized spacial score (nSPS) is 12.0. The third kappa shape index (κ3) is 5.58. The fourth-order valence-corrected chi connectivity index (χ4v) is 3.80. The van der Waals surface area contributed by atoms with Crippen LogP contribution in [-0.2, 0) is 22.6 Å². The van der Waals surface area contributed by atoms with E-state index < -0.39 is 18.1 Å². The Kier molecular flexibility index (Phi) is 7.26. The average molecular weight is 494 g/mol. The number of hydrogen-bond donors (Lipinski definition) is 2. The molecule has 1 amide bonds. The molecule has 0 saturated heterocycles. The van der Waals surface area contributed by atoms with E-state index >= 15 is 0 Å². The molecule has 2 aromatic heterocycles. The summed E-state index contributed by atoms with van der Waals surface area (Å²) in [5, 5.41) is 10.1. The predicted molar refractivity (Wildman–Crippen MR) is 131 cm³/mol. The summed E-state index contributed by atoms with van der Waals surface area (Å²) in [6.45, 7) is 4.13. The molecule has 2 heterocycles. The number of aliphatic carboxylic acids is 1. The van der Waals surface area contributed by atoms with Gasteiger partial charge in [0, 0.05) is 6.42 Å². The molecule has 0 bridgehead atoms. The van der Waals surface area contributed by atoms with Gasteiger partial charge in [0.2, 0.25) is 5.95 Å². The van der Waals surface area contributed by atoms with E-state index in [9.17, 15) is 14.7 Å². The molecule has 2 aromatic carbocycles. The van der Waals surface area contributed by atoms with E-state index in [4.69, 9.17) is 16.3 Å². The van der Waals surface area contributed by atoms with Crippen LogP contribution in [0.3, 0.4) is 0 Å². The summed E-state index contributed by atoms with van der Waals surface area (Å²) in [7, 11) is 0. The number of hydrogen-bond acceptors (Lipinski definition) is 6. The summed E-state index contributed by atoms with van der Waals surface area (Å²) in [5.74, 6) is -1.08. The molecular formula is C25H24ClN5O4. The minimum atomic E-state index is -1.35. The van der Waals surface area contributed by atoms with E-state index in [1.807, 2.05) is 30.3 Å². The van der Waals surface area contributed by atoms with Crippen molar-refractivity contribution in [1.82, 2.24) is 19.9 Å². The standard InChI is InChI=1S/C25H24ClN5O4/c1-15(2)18-10-8-17(9-11-18)13-35-25(34)31(19(23(32)33)12-16-6-4-3-5-7-16)24-29-21(26)20-22(30-24)28-14-27-20/h3-11,14-15,19H,12-13H2,1-2H3,(H,32,33)(H,27,28,29,30). The zero-order valence-electron chi connectivity index (χ0n) is 19.2. The number of nitrogens with one attached hydrogen (secondary N) is 1. The first-order valence-electron chi connectivity index (χ1n) is 11.0. The van der Waals surface area contributed by atoms with Crippen LogP contribution in [-0.4, -0.2) is 43.1 Å². The fraction of sp³-hybridized carbons (Fsp3) is 0.240. The summed E-state index contributed by atoms with van der Waals surface area (Å²) in [6, 6.07) is 15.3. The van der Waals surface area contributed by atoms with Crippen molar-refractivity contribution in [3.63, 3.8) is 0 Å². The predicted octanol–water partition coefficient (Wildman–Crippen LogP) is 4.97. The molecule has 4 aromatic rings. The van der Waals surface area contributed by atoms with Crippen LogP contribution < -0.4 is 4.90 Å². The van der Waals surface area contributed by atoms with E-state index in [2.05, 4.69) is 33.8 Å². The second kappa shape index (κ2) is 10.5. The van der Waals surface area contributed by atoms with Crippen LogP contribution in [0, 0.1) is 0 Å². The topological polar surface area (TPSA) is 121 Å². The second-order valence-electron chi connectivity index (χ2n) is 8.28. The van der Waals surface area contributed by atoms with Crippen molar-refractivity contribution < 1.29 is 19.4 Å². The summed E-state index contributed by atoms with van der Waals surface area (Å²) >= 11 is 6.26. The number of aromatic amines is 1. The summed E-state index contributed by atoms with van der Waals surface area (Å²) in [4.78, 5) is 41.9. The van der Waals surface area contributed by atoms with Gasteiger partial charge in [-0.25, -0.2) is 19.5 Å².